The molecule has 0 bridgehead atoms. The van der Waals surface area contributed by atoms with E-state index in [9.17, 15) is 4.79 Å². The smallest absolute Gasteiger partial charge is 0.410 e. The molecular weight excluding hydrogens is 268 g/mol. The second-order valence-electron chi connectivity index (χ2n) is 6.08. The number of amides is 1. The quantitative estimate of drug-likeness (QED) is 0.735. The van der Waals surface area contributed by atoms with Crippen LogP contribution in [0.25, 0.3) is 4.85 Å². The largest absolute Gasteiger partial charge is 0.494 e. The summed E-state index contributed by atoms with van der Waals surface area (Å²) in [5.41, 5.74) is 0.934. The van der Waals surface area contributed by atoms with E-state index in [1.807, 2.05) is 26.8 Å². The Balaban J connectivity index is 2.23. The number of rotatable bonds is 1. The maximum Gasteiger partial charge on any atom is 0.410 e. The van der Waals surface area contributed by atoms with Crippen molar-refractivity contribution in [2.45, 2.75) is 38.8 Å². The number of carbonyl (C=O) groups is 1. The van der Waals surface area contributed by atoms with Crippen molar-refractivity contribution in [3.63, 3.8) is 0 Å². The summed E-state index contributed by atoms with van der Waals surface area (Å²) < 4.78 is 11.0. The van der Waals surface area contributed by atoms with Gasteiger partial charge < -0.3 is 14.4 Å². The van der Waals surface area contributed by atoms with E-state index in [1.54, 1.807) is 24.1 Å². The Hall–Kier alpha value is -2.22. The average Bonchev–Trinajstić information content (AvgIpc) is 2.43. The molecule has 0 saturated carbocycles. The first-order valence-corrected chi connectivity index (χ1v) is 6.92. The van der Waals surface area contributed by atoms with Gasteiger partial charge in [-0.15, -0.1) is 0 Å². The van der Waals surface area contributed by atoms with E-state index in [4.69, 9.17) is 16.0 Å². The first-order chi connectivity index (χ1) is 9.81. The lowest BCUT2D eigenvalue weighted by molar-refractivity contribution is 0.0182. The summed E-state index contributed by atoms with van der Waals surface area (Å²) in [7, 11) is 1.73. The molecule has 5 heteroatoms. The van der Waals surface area contributed by atoms with Crippen molar-refractivity contribution >= 4 is 11.8 Å². The number of carbonyl (C=O) groups excluding carboxylic acids is 1. The lowest BCUT2D eigenvalue weighted by atomic mass is 9.99. The van der Waals surface area contributed by atoms with Crippen LogP contribution in [0.5, 0.6) is 5.75 Å². The highest BCUT2D eigenvalue weighted by atomic mass is 16.6. The summed E-state index contributed by atoms with van der Waals surface area (Å²) in [5.74, 6) is 0.676. The zero-order chi connectivity index (χ0) is 15.6. The first-order valence-electron chi connectivity index (χ1n) is 6.92. The summed E-state index contributed by atoms with van der Waals surface area (Å²) in [6, 6.07) is 5.23. The normalized spacial score (nSPS) is 17.2. The topological polar surface area (TPSA) is 43.1 Å². The van der Waals surface area contributed by atoms with Crippen LogP contribution in [-0.2, 0) is 4.74 Å². The Morgan fingerprint density at radius 2 is 2.19 bits per heavy atom. The fraction of sp³-hybridized carbons (Fsp3) is 0.500. The molecule has 21 heavy (non-hydrogen) atoms. The third-order valence-corrected chi connectivity index (χ3v) is 3.28. The van der Waals surface area contributed by atoms with Crippen molar-refractivity contribution in [3.05, 3.63) is 35.2 Å². The summed E-state index contributed by atoms with van der Waals surface area (Å²) >= 11 is 0. The highest BCUT2D eigenvalue weighted by Gasteiger charge is 2.30. The summed E-state index contributed by atoms with van der Waals surface area (Å²) in [6.07, 6.45) is 0.356. The van der Waals surface area contributed by atoms with Crippen LogP contribution in [0.15, 0.2) is 18.2 Å². The molecule has 0 saturated heterocycles. The molecule has 0 radical (unpaired) electrons. The fourth-order valence-corrected chi connectivity index (χ4v) is 2.29. The molecule has 0 N–H and O–H groups in total. The lowest BCUT2D eigenvalue weighted by Crippen LogP contribution is -2.38. The van der Waals surface area contributed by atoms with Crippen LogP contribution in [0.3, 0.4) is 0 Å². The van der Waals surface area contributed by atoms with E-state index < -0.39 is 5.60 Å². The van der Waals surface area contributed by atoms with Gasteiger partial charge in [0.05, 0.1) is 19.2 Å². The molecule has 1 aliphatic rings. The molecule has 5 nitrogen and oxygen atoms in total. The summed E-state index contributed by atoms with van der Waals surface area (Å²) in [6.45, 7) is 13.1. The molecule has 2 rings (SSSR count). The molecule has 1 amide bonds. The third kappa shape index (κ3) is 3.46. The molecule has 0 fully saturated rings. The van der Waals surface area contributed by atoms with Crippen LogP contribution in [0.4, 0.5) is 10.5 Å². The standard InChI is InChI=1S/C16H20N2O3/c1-16(2,3)21-15(19)18(5)13-8-9-20-14-10-11(17-4)6-7-12(13)14/h6-7,10,13H,8-9H2,1-3,5H3. The Morgan fingerprint density at radius 3 is 2.81 bits per heavy atom. The SMILES string of the molecule is [C-]#[N+]c1ccc2c(c1)OCCC2N(C)C(=O)OC(C)(C)C. The molecular formula is C16H20N2O3. The second kappa shape index (κ2) is 5.65. The maximum absolute atomic E-state index is 12.2. The van der Waals surface area contributed by atoms with Crippen LogP contribution >= 0.6 is 0 Å². The van der Waals surface area contributed by atoms with Crippen molar-refractivity contribution in [2.75, 3.05) is 13.7 Å². The van der Waals surface area contributed by atoms with Gasteiger partial charge in [0.15, 0.2) is 5.69 Å². The monoisotopic (exact) mass is 288 g/mol. The van der Waals surface area contributed by atoms with E-state index in [0.717, 1.165) is 5.56 Å². The minimum Gasteiger partial charge on any atom is -0.494 e. The van der Waals surface area contributed by atoms with Crippen molar-refractivity contribution in [3.8, 4) is 5.75 Å². The number of ether oxygens (including phenoxy) is 2. The second-order valence-corrected chi connectivity index (χ2v) is 6.08. The van der Waals surface area contributed by atoms with Crippen LogP contribution in [0.1, 0.15) is 38.8 Å². The predicted molar refractivity (Wildman–Crippen MR) is 79.6 cm³/mol. The van der Waals surface area contributed by atoms with E-state index in [0.29, 0.717) is 24.5 Å². The highest BCUT2D eigenvalue weighted by Crippen LogP contribution is 2.38. The maximum atomic E-state index is 12.2. The minimum atomic E-state index is -0.521. The van der Waals surface area contributed by atoms with Crippen LogP contribution < -0.4 is 4.74 Å². The van der Waals surface area contributed by atoms with Gasteiger partial charge >= 0.3 is 6.09 Å². The van der Waals surface area contributed by atoms with Crippen molar-refractivity contribution in [1.82, 2.24) is 4.90 Å². The first kappa shape index (κ1) is 15.2. The molecule has 0 aromatic heterocycles. The van der Waals surface area contributed by atoms with Gasteiger partial charge in [-0.1, -0.05) is 12.1 Å². The zero-order valence-corrected chi connectivity index (χ0v) is 12.8. The lowest BCUT2D eigenvalue weighted by Gasteiger charge is -2.34. The van der Waals surface area contributed by atoms with E-state index in [-0.39, 0.29) is 12.1 Å². The molecule has 1 unspecified atom stereocenters. The van der Waals surface area contributed by atoms with Crippen molar-refractivity contribution in [2.24, 2.45) is 0 Å². The van der Waals surface area contributed by atoms with Gasteiger partial charge in [0.2, 0.25) is 0 Å². The third-order valence-electron chi connectivity index (χ3n) is 3.28. The number of benzene rings is 1. The fourth-order valence-electron chi connectivity index (χ4n) is 2.29. The van der Waals surface area contributed by atoms with Crippen LogP contribution in [0, 0.1) is 6.57 Å². The number of hydrogen-bond acceptors (Lipinski definition) is 3. The Bertz CT molecular complexity index is 584. The van der Waals surface area contributed by atoms with Gasteiger partial charge in [-0.2, -0.15) is 0 Å². The number of hydrogen-bond donors (Lipinski definition) is 0. The van der Waals surface area contributed by atoms with Crippen LogP contribution in [0.2, 0.25) is 0 Å². The van der Waals surface area contributed by atoms with E-state index in [2.05, 4.69) is 4.85 Å². The van der Waals surface area contributed by atoms with Gasteiger partial charge in [-0.3, -0.25) is 0 Å². The van der Waals surface area contributed by atoms with Crippen molar-refractivity contribution < 1.29 is 14.3 Å². The molecule has 1 aromatic rings. The summed E-state index contributed by atoms with van der Waals surface area (Å²) in [4.78, 5) is 17.2. The van der Waals surface area contributed by atoms with Gasteiger partial charge in [-0.05, 0) is 26.8 Å². The molecule has 112 valence electrons. The highest BCUT2D eigenvalue weighted by molar-refractivity contribution is 5.69. The van der Waals surface area contributed by atoms with Gasteiger partial charge in [0, 0.05) is 19.0 Å². The summed E-state index contributed by atoms with van der Waals surface area (Å²) in [5, 5.41) is 0. The molecule has 1 aromatic carbocycles. The van der Waals surface area contributed by atoms with Gasteiger partial charge in [-0.25, -0.2) is 9.64 Å². The van der Waals surface area contributed by atoms with Crippen molar-refractivity contribution in [1.29, 1.82) is 0 Å². The van der Waals surface area contributed by atoms with Crippen LogP contribution in [-0.4, -0.2) is 30.2 Å². The zero-order valence-electron chi connectivity index (χ0n) is 12.8. The average molecular weight is 288 g/mol. The predicted octanol–water partition coefficient (Wildman–Crippen LogP) is 3.93. The molecule has 1 atom stereocenters. The molecule has 0 aliphatic carbocycles. The minimum absolute atomic E-state index is 0.0941. The number of nitrogens with zero attached hydrogens (tertiary/aromatic N) is 2. The van der Waals surface area contributed by atoms with Gasteiger partial charge in [0.1, 0.15) is 11.4 Å². The van der Waals surface area contributed by atoms with E-state index in [1.165, 1.54) is 0 Å². The Labute approximate surface area is 125 Å². The van der Waals surface area contributed by atoms with E-state index >= 15 is 0 Å². The number of fused-ring (bicyclic) bond motifs is 1. The Kier molecular flexibility index (Phi) is 4.08. The Morgan fingerprint density at radius 1 is 1.48 bits per heavy atom. The molecule has 0 spiro atoms. The molecule has 1 heterocycles. The van der Waals surface area contributed by atoms with Gasteiger partial charge in [0.25, 0.3) is 0 Å². The molecule has 1 aliphatic heterocycles.